The Balaban J connectivity index is 1.54. The molecule has 10 heteroatoms. The van der Waals surface area contributed by atoms with Crippen LogP contribution in [-0.4, -0.2) is 75.5 Å². The lowest BCUT2D eigenvalue weighted by atomic mass is 9.99. The molecule has 0 saturated carbocycles. The van der Waals surface area contributed by atoms with Crippen LogP contribution in [0.2, 0.25) is 0 Å². The van der Waals surface area contributed by atoms with Gasteiger partial charge in [0.05, 0.1) is 22.9 Å². The van der Waals surface area contributed by atoms with Crippen molar-refractivity contribution in [1.29, 1.82) is 0 Å². The van der Waals surface area contributed by atoms with Crippen molar-refractivity contribution in [2.24, 2.45) is 5.92 Å². The summed E-state index contributed by atoms with van der Waals surface area (Å²) < 4.78 is 33.5. The summed E-state index contributed by atoms with van der Waals surface area (Å²) in [5.74, 6) is -0.351. The number of carbonyl (C=O) groups excluding carboxylic acids is 1. The molecule has 1 aromatic heterocycles. The van der Waals surface area contributed by atoms with Gasteiger partial charge in [0.25, 0.3) is 10.0 Å². The largest absolute Gasteiger partial charge is 0.379 e. The molecule has 0 aromatic carbocycles. The smallest absolute Gasteiger partial charge is 0.252 e. The van der Waals surface area contributed by atoms with Crippen molar-refractivity contribution < 1.29 is 17.9 Å². The molecule has 27 heavy (non-hydrogen) atoms. The van der Waals surface area contributed by atoms with Crippen LogP contribution in [0.3, 0.4) is 0 Å². The standard InChI is InChI=1S/C17H26BrN3O4S2/c1-13(20-7-9-25-10-8-20)11-19-17(22)14-3-2-6-21(12-14)27(23,24)16-5-4-15(18)26-16/h4-5,13-14H,2-3,6-12H2,1H3,(H,19,22). The fourth-order valence-electron chi connectivity index (χ4n) is 3.48. The highest BCUT2D eigenvalue weighted by Crippen LogP contribution is 2.30. The van der Waals surface area contributed by atoms with E-state index in [0.717, 1.165) is 36.5 Å². The van der Waals surface area contributed by atoms with Gasteiger partial charge in [-0.2, -0.15) is 4.31 Å². The summed E-state index contributed by atoms with van der Waals surface area (Å²) in [5, 5.41) is 3.02. The number of carbonyl (C=O) groups is 1. The van der Waals surface area contributed by atoms with Crippen LogP contribution >= 0.6 is 27.3 Å². The number of sulfonamides is 1. The van der Waals surface area contributed by atoms with Gasteiger partial charge in [0.2, 0.25) is 5.91 Å². The van der Waals surface area contributed by atoms with Crippen LogP contribution < -0.4 is 5.32 Å². The second kappa shape index (κ2) is 9.32. The Morgan fingerprint density at radius 3 is 2.78 bits per heavy atom. The molecular formula is C17H26BrN3O4S2. The third kappa shape index (κ3) is 5.30. The molecule has 2 atom stereocenters. The van der Waals surface area contributed by atoms with Gasteiger partial charge in [-0.25, -0.2) is 8.42 Å². The fourth-order valence-corrected chi connectivity index (χ4v) is 7.17. The van der Waals surface area contributed by atoms with Gasteiger partial charge in [-0.05, 0) is 47.8 Å². The number of halogens is 1. The van der Waals surface area contributed by atoms with Crippen LogP contribution in [0.4, 0.5) is 0 Å². The summed E-state index contributed by atoms with van der Waals surface area (Å²) in [5.41, 5.74) is 0. The first-order valence-corrected chi connectivity index (χ1v) is 12.3. The van der Waals surface area contributed by atoms with E-state index in [0.29, 0.717) is 23.7 Å². The van der Waals surface area contributed by atoms with Crippen LogP contribution in [0.15, 0.2) is 20.1 Å². The van der Waals surface area contributed by atoms with E-state index in [4.69, 9.17) is 4.74 Å². The molecule has 1 amide bonds. The lowest BCUT2D eigenvalue weighted by molar-refractivity contribution is -0.126. The second-order valence-corrected chi connectivity index (χ2v) is 11.6. The summed E-state index contributed by atoms with van der Waals surface area (Å²) in [6.07, 6.45) is 1.42. The minimum Gasteiger partial charge on any atom is -0.379 e. The Morgan fingerprint density at radius 2 is 2.11 bits per heavy atom. The van der Waals surface area contributed by atoms with E-state index in [2.05, 4.69) is 33.1 Å². The average Bonchev–Trinajstić information content (AvgIpc) is 3.14. The van der Waals surface area contributed by atoms with Gasteiger partial charge in [0, 0.05) is 38.8 Å². The molecule has 2 unspecified atom stereocenters. The van der Waals surface area contributed by atoms with E-state index in [1.807, 2.05) is 0 Å². The molecule has 2 aliphatic heterocycles. The van der Waals surface area contributed by atoms with Gasteiger partial charge in [-0.3, -0.25) is 9.69 Å². The molecule has 1 N–H and O–H groups in total. The fraction of sp³-hybridized carbons (Fsp3) is 0.706. The number of morpholine rings is 1. The van der Waals surface area contributed by atoms with Crippen LogP contribution in [0.5, 0.6) is 0 Å². The van der Waals surface area contributed by atoms with E-state index < -0.39 is 10.0 Å². The predicted molar refractivity (Wildman–Crippen MR) is 108 cm³/mol. The lowest BCUT2D eigenvalue weighted by Crippen LogP contribution is -2.50. The third-order valence-electron chi connectivity index (χ3n) is 5.14. The van der Waals surface area contributed by atoms with Gasteiger partial charge in [-0.1, -0.05) is 0 Å². The Morgan fingerprint density at radius 1 is 1.37 bits per heavy atom. The summed E-state index contributed by atoms with van der Waals surface area (Å²) in [6, 6.07) is 3.58. The number of ether oxygens (including phenoxy) is 1. The Bertz CT molecular complexity index is 749. The molecule has 3 heterocycles. The number of nitrogens with zero attached hydrogens (tertiary/aromatic N) is 2. The van der Waals surface area contributed by atoms with E-state index in [9.17, 15) is 13.2 Å². The summed E-state index contributed by atoms with van der Waals surface area (Å²) in [4.78, 5) is 14.9. The number of piperidine rings is 1. The van der Waals surface area contributed by atoms with E-state index in [1.165, 1.54) is 15.6 Å². The van der Waals surface area contributed by atoms with Gasteiger partial charge >= 0.3 is 0 Å². The highest BCUT2D eigenvalue weighted by Gasteiger charge is 2.34. The average molecular weight is 480 g/mol. The van der Waals surface area contributed by atoms with Gasteiger partial charge in [0.1, 0.15) is 4.21 Å². The number of hydrogen-bond acceptors (Lipinski definition) is 6. The third-order valence-corrected chi connectivity index (χ3v) is 9.09. The quantitative estimate of drug-likeness (QED) is 0.672. The minimum atomic E-state index is -3.54. The van der Waals surface area contributed by atoms with Crippen molar-refractivity contribution in [2.45, 2.75) is 30.0 Å². The van der Waals surface area contributed by atoms with Crippen molar-refractivity contribution in [1.82, 2.24) is 14.5 Å². The predicted octanol–water partition coefficient (Wildman–Crippen LogP) is 1.75. The maximum Gasteiger partial charge on any atom is 0.252 e. The molecule has 152 valence electrons. The highest BCUT2D eigenvalue weighted by atomic mass is 79.9. The first-order chi connectivity index (χ1) is 12.9. The number of rotatable bonds is 6. The van der Waals surface area contributed by atoms with Crippen molar-refractivity contribution in [3.8, 4) is 0 Å². The molecule has 1 aromatic rings. The maximum atomic E-state index is 12.8. The first-order valence-electron chi connectivity index (χ1n) is 9.23. The van der Waals surface area contributed by atoms with Crippen LogP contribution in [-0.2, 0) is 19.6 Å². The van der Waals surface area contributed by atoms with Crippen molar-refractivity contribution >= 4 is 43.2 Å². The van der Waals surface area contributed by atoms with Crippen molar-refractivity contribution in [3.63, 3.8) is 0 Å². The van der Waals surface area contributed by atoms with Crippen molar-refractivity contribution in [3.05, 3.63) is 15.9 Å². The van der Waals surface area contributed by atoms with Crippen LogP contribution in [0.25, 0.3) is 0 Å². The molecule has 7 nitrogen and oxygen atoms in total. The lowest BCUT2D eigenvalue weighted by Gasteiger charge is -2.33. The zero-order valence-electron chi connectivity index (χ0n) is 15.4. The van der Waals surface area contributed by atoms with Crippen LogP contribution in [0, 0.1) is 5.92 Å². The summed E-state index contributed by atoms with van der Waals surface area (Å²) >= 11 is 4.51. The molecule has 3 rings (SSSR count). The topological polar surface area (TPSA) is 79.0 Å². The van der Waals surface area contributed by atoms with E-state index >= 15 is 0 Å². The Hall–Kier alpha value is -0.520. The normalized spacial score (nSPS) is 23.9. The number of thiophene rings is 1. The van der Waals surface area contributed by atoms with E-state index in [-0.39, 0.29) is 24.4 Å². The zero-order chi connectivity index (χ0) is 19.4. The summed E-state index contributed by atoms with van der Waals surface area (Å²) in [6.45, 7) is 6.59. The monoisotopic (exact) mass is 479 g/mol. The second-order valence-electron chi connectivity index (χ2n) is 7.00. The van der Waals surface area contributed by atoms with Gasteiger partial charge in [0.15, 0.2) is 0 Å². The van der Waals surface area contributed by atoms with Gasteiger partial charge < -0.3 is 10.1 Å². The molecule has 0 radical (unpaired) electrons. The number of nitrogens with one attached hydrogen (secondary N) is 1. The molecule has 0 bridgehead atoms. The van der Waals surface area contributed by atoms with Gasteiger partial charge in [-0.15, -0.1) is 11.3 Å². The molecule has 0 aliphatic carbocycles. The Labute approximate surface area is 173 Å². The van der Waals surface area contributed by atoms with Crippen LogP contribution in [0.1, 0.15) is 19.8 Å². The highest BCUT2D eigenvalue weighted by molar-refractivity contribution is 9.11. The van der Waals surface area contributed by atoms with E-state index in [1.54, 1.807) is 12.1 Å². The summed E-state index contributed by atoms with van der Waals surface area (Å²) in [7, 11) is -3.54. The number of amides is 1. The molecule has 2 fully saturated rings. The molecular weight excluding hydrogens is 454 g/mol. The maximum absolute atomic E-state index is 12.8. The Kier molecular flexibility index (Phi) is 7.32. The minimum absolute atomic E-state index is 0.0534. The SMILES string of the molecule is CC(CNC(=O)C1CCCN(S(=O)(=O)c2ccc(Br)s2)C1)N1CCOCC1. The molecule has 2 saturated heterocycles. The van der Waals surface area contributed by atoms with Crippen molar-refractivity contribution in [2.75, 3.05) is 45.9 Å². The number of hydrogen-bond donors (Lipinski definition) is 1. The molecule has 2 aliphatic rings. The zero-order valence-corrected chi connectivity index (χ0v) is 18.6. The first kappa shape index (κ1) is 21.2. The molecule has 0 spiro atoms.